The topological polar surface area (TPSA) is 123 Å². The highest BCUT2D eigenvalue weighted by Crippen LogP contribution is 2.41. The van der Waals surface area contributed by atoms with E-state index >= 15 is 0 Å². The quantitative estimate of drug-likeness (QED) is 0.430. The van der Waals surface area contributed by atoms with Gasteiger partial charge in [0.25, 0.3) is 6.43 Å². The molecule has 0 unspecified atom stereocenters. The van der Waals surface area contributed by atoms with Crippen LogP contribution >= 0.6 is 0 Å². The molecule has 1 aromatic carbocycles. The Hall–Kier alpha value is -3.81. The Balaban J connectivity index is 1.67. The molecular formula is C21H22F2N8O. The van der Waals surface area contributed by atoms with E-state index in [1.165, 1.54) is 7.11 Å². The lowest BCUT2D eigenvalue weighted by atomic mass is 9.68. The summed E-state index contributed by atoms with van der Waals surface area (Å²) in [4.78, 5) is 4.48. The summed E-state index contributed by atoms with van der Waals surface area (Å²) in [6, 6.07) is 9.26. The molecule has 0 amide bonds. The number of alkyl halides is 2. The summed E-state index contributed by atoms with van der Waals surface area (Å²) in [5, 5.41) is 23.0. The molecule has 0 spiro atoms. The fourth-order valence-electron chi connectivity index (χ4n) is 3.96. The van der Waals surface area contributed by atoms with Gasteiger partial charge < -0.3 is 15.4 Å². The summed E-state index contributed by atoms with van der Waals surface area (Å²) >= 11 is 0. The second-order valence-corrected chi connectivity index (χ2v) is 8.00. The number of halogens is 2. The molecule has 1 aliphatic rings. The highest BCUT2D eigenvalue weighted by molar-refractivity contribution is 5.87. The normalized spacial score (nSPS) is 19.9. The molecule has 1 saturated carbocycles. The molecule has 2 aromatic heterocycles. The third kappa shape index (κ3) is 4.03. The average molecular weight is 440 g/mol. The SMILES string of the molecule is COc1nc(NC2CC(C)(C#N)C2)nn2ccc(-c3ccc(N=N)c(NCC(F)F)c3)c12. The first-order valence-corrected chi connectivity index (χ1v) is 10.0. The van der Waals surface area contributed by atoms with Crippen LogP contribution in [0.2, 0.25) is 0 Å². The summed E-state index contributed by atoms with van der Waals surface area (Å²) in [5.74, 6) is 0.741. The molecule has 3 N–H and O–H groups in total. The minimum Gasteiger partial charge on any atom is -0.479 e. The van der Waals surface area contributed by atoms with Crippen molar-refractivity contribution in [2.24, 2.45) is 10.5 Å². The van der Waals surface area contributed by atoms with E-state index in [1.54, 1.807) is 28.9 Å². The lowest BCUT2D eigenvalue weighted by Crippen LogP contribution is -2.42. The van der Waals surface area contributed by atoms with Crippen LogP contribution in [0.4, 0.5) is 26.1 Å². The van der Waals surface area contributed by atoms with E-state index in [-0.39, 0.29) is 17.1 Å². The number of hydrogen-bond donors (Lipinski definition) is 3. The van der Waals surface area contributed by atoms with Gasteiger partial charge in [0.05, 0.1) is 30.8 Å². The second-order valence-electron chi connectivity index (χ2n) is 8.00. The first kappa shape index (κ1) is 21.4. The van der Waals surface area contributed by atoms with Crippen molar-refractivity contribution >= 4 is 22.8 Å². The zero-order valence-corrected chi connectivity index (χ0v) is 17.6. The van der Waals surface area contributed by atoms with Gasteiger partial charge in [-0.3, -0.25) is 0 Å². The van der Waals surface area contributed by atoms with E-state index in [9.17, 15) is 14.0 Å². The van der Waals surface area contributed by atoms with Gasteiger partial charge in [-0.2, -0.15) is 15.4 Å². The number of nitriles is 1. The number of methoxy groups -OCH3 is 1. The number of nitrogens with zero attached hydrogens (tertiary/aromatic N) is 5. The lowest BCUT2D eigenvalue weighted by Gasteiger charge is -2.40. The summed E-state index contributed by atoms with van der Waals surface area (Å²) in [6.45, 7) is 1.38. The molecule has 4 rings (SSSR count). The van der Waals surface area contributed by atoms with Crippen LogP contribution in [0.25, 0.3) is 16.6 Å². The van der Waals surface area contributed by atoms with Crippen LogP contribution in [-0.4, -0.2) is 40.7 Å². The number of aromatic nitrogens is 3. The molecule has 1 fully saturated rings. The third-order valence-electron chi connectivity index (χ3n) is 5.54. The zero-order chi connectivity index (χ0) is 22.9. The van der Waals surface area contributed by atoms with Crippen molar-refractivity contribution in [3.05, 3.63) is 30.5 Å². The van der Waals surface area contributed by atoms with Crippen molar-refractivity contribution in [1.82, 2.24) is 14.6 Å². The largest absolute Gasteiger partial charge is 0.479 e. The van der Waals surface area contributed by atoms with Gasteiger partial charge in [0.1, 0.15) is 11.2 Å². The van der Waals surface area contributed by atoms with Gasteiger partial charge in [-0.05, 0) is 43.5 Å². The Morgan fingerprint density at radius 3 is 2.84 bits per heavy atom. The Labute approximate surface area is 182 Å². The van der Waals surface area contributed by atoms with Crippen LogP contribution in [0.5, 0.6) is 5.88 Å². The van der Waals surface area contributed by atoms with Crippen molar-refractivity contribution in [2.45, 2.75) is 32.2 Å². The summed E-state index contributed by atoms with van der Waals surface area (Å²) in [7, 11) is 1.51. The van der Waals surface area contributed by atoms with E-state index in [1.807, 2.05) is 13.0 Å². The van der Waals surface area contributed by atoms with Crippen molar-refractivity contribution < 1.29 is 13.5 Å². The molecule has 9 nitrogen and oxygen atoms in total. The predicted octanol–water partition coefficient (Wildman–Crippen LogP) is 4.85. The van der Waals surface area contributed by atoms with Crippen molar-refractivity contribution in [2.75, 3.05) is 24.3 Å². The minimum absolute atomic E-state index is 0.112. The van der Waals surface area contributed by atoms with Gasteiger partial charge in [-0.25, -0.2) is 18.8 Å². The molecule has 0 saturated heterocycles. The minimum atomic E-state index is -2.53. The smallest absolute Gasteiger partial charge is 0.255 e. The van der Waals surface area contributed by atoms with Crippen LogP contribution in [0.1, 0.15) is 19.8 Å². The highest BCUT2D eigenvalue weighted by atomic mass is 19.3. The van der Waals surface area contributed by atoms with E-state index in [2.05, 4.69) is 31.9 Å². The molecular weight excluding hydrogens is 418 g/mol. The monoisotopic (exact) mass is 440 g/mol. The van der Waals surface area contributed by atoms with Gasteiger partial charge in [-0.15, -0.1) is 5.10 Å². The number of benzene rings is 1. The molecule has 11 heteroatoms. The first-order chi connectivity index (χ1) is 15.4. The molecule has 0 aliphatic heterocycles. The van der Waals surface area contributed by atoms with E-state index in [0.29, 0.717) is 41.4 Å². The molecule has 0 radical (unpaired) electrons. The predicted molar refractivity (Wildman–Crippen MR) is 115 cm³/mol. The summed E-state index contributed by atoms with van der Waals surface area (Å²) < 4.78 is 32.5. The maximum absolute atomic E-state index is 12.7. The van der Waals surface area contributed by atoms with Crippen molar-refractivity contribution in [1.29, 1.82) is 10.8 Å². The van der Waals surface area contributed by atoms with Gasteiger partial charge >= 0.3 is 0 Å². The second kappa shape index (κ2) is 8.37. The van der Waals surface area contributed by atoms with Crippen molar-refractivity contribution in [3.63, 3.8) is 0 Å². The number of ether oxygens (including phenoxy) is 1. The maximum atomic E-state index is 12.7. The molecule has 166 valence electrons. The van der Waals surface area contributed by atoms with Crippen molar-refractivity contribution in [3.8, 4) is 23.1 Å². The molecule has 0 atom stereocenters. The lowest BCUT2D eigenvalue weighted by molar-refractivity contribution is 0.163. The van der Waals surface area contributed by atoms with E-state index in [0.717, 1.165) is 5.56 Å². The van der Waals surface area contributed by atoms with Gasteiger partial charge in [0.2, 0.25) is 11.8 Å². The van der Waals surface area contributed by atoms with Gasteiger partial charge in [-0.1, -0.05) is 6.07 Å². The Bertz CT molecular complexity index is 1200. The average Bonchev–Trinajstić information content (AvgIpc) is 3.19. The number of hydrogen-bond acceptors (Lipinski definition) is 8. The van der Waals surface area contributed by atoms with Gasteiger partial charge in [0, 0.05) is 17.8 Å². The first-order valence-electron chi connectivity index (χ1n) is 10.0. The zero-order valence-electron chi connectivity index (χ0n) is 17.6. The number of anilines is 2. The number of rotatable bonds is 8. The van der Waals surface area contributed by atoms with Crippen LogP contribution in [-0.2, 0) is 0 Å². The number of fused-ring (bicyclic) bond motifs is 1. The molecule has 3 aromatic rings. The van der Waals surface area contributed by atoms with Crippen LogP contribution in [0, 0.1) is 22.3 Å². The third-order valence-corrected chi connectivity index (χ3v) is 5.54. The van der Waals surface area contributed by atoms with Crippen LogP contribution < -0.4 is 15.4 Å². The fourth-order valence-corrected chi connectivity index (χ4v) is 3.96. The maximum Gasteiger partial charge on any atom is 0.255 e. The van der Waals surface area contributed by atoms with E-state index < -0.39 is 13.0 Å². The summed E-state index contributed by atoms with van der Waals surface area (Å²) in [5.41, 5.74) is 9.62. The van der Waals surface area contributed by atoms with Crippen LogP contribution in [0.15, 0.2) is 35.6 Å². The highest BCUT2D eigenvalue weighted by Gasteiger charge is 2.41. The Morgan fingerprint density at radius 1 is 1.41 bits per heavy atom. The molecule has 0 bridgehead atoms. The van der Waals surface area contributed by atoms with E-state index in [4.69, 9.17) is 10.3 Å². The number of nitrogens with one attached hydrogen (secondary N) is 3. The van der Waals surface area contributed by atoms with Gasteiger partial charge in [0.15, 0.2) is 0 Å². The molecule has 1 aliphatic carbocycles. The fraction of sp³-hybridized carbons (Fsp3) is 0.381. The summed E-state index contributed by atoms with van der Waals surface area (Å²) in [6.07, 6.45) is 0.654. The standard InChI is InChI=1S/C21H22F2N8O/c1-21(11-24)8-13(9-21)27-20-28-19(32-2)18-14(5-6-31(18)30-20)12-3-4-15(29-25)16(7-12)26-10-17(22)23/h3-7,13,17,25-26H,8-10H2,1-2H3,(H,27,30). The molecule has 32 heavy (non-hydrogen) atoms. The molecule has 2 heterocycles. The van der Waals surface area contributed by atoms with Crippen LogP contribution in [0.3, 0.4) is 0 Å². The Kier molecular flexibility index (Phi) is 5.61. The Morgan fingerprint density at radius 2 is 2.19 bits per heavy atom.